The Labute approximate surface area is 156 Å². The van der Waals surface area contributed by atoms with Crippen molar-refractivity contribution in [2.24, 2.45) is 5.92 Å². The fourth-order valence-corrected chi connectivity index (χ4v) is 5.28. The van der Waals surface area contributed by atoms with E-state index in [2.05, 4.69) is 38.3 Å². The lowest BCUT2D eigenvalue weighted by molar-refractivity contribution is -0.122. The predicted octanol–water partition coefficient (Wildman–Crippen LogP) is 2.07. The van der Waals surface area contributed by atoms with Gasteiger partial charge in [-0.05, 0) is 37.3 Å². The van der Waals surface area contributed by atoms with Gasteiger partial charge in [-0.25, -0.2) is 4.98 Å². The van der Waals surface area contributed by atoms with Crippen molar-refractivity contribution in [2.45, 2.75) is 37.8 Å². The van der Waals surface area contributed by atoms with Gasteiger partial charge in [0.1, 0.15) is 6.33 Å². The molecule has 6 rings (SSSR count). The van der Waals surface area contributed by atoms with Crippen molar-refractivity contribution in [3.05, 3.63) is 48.5 Å². The third-order valence-corrected chi connectivity index (χ3v) is 6.45. The van der Waals surface area contributed by atoms with E-state index in [-0.39, 0.29) is 17.9 Å². The molecule has 0 aliphatic carbocycles. The number of para-hydroxylation sites is 1. The lowest BCUT2D eigenvalue weighted by Gasteiger charge is -2.28. The first kappa shape index (κ1) is 15.1. The van der Waals surface area contributed by atoms with E-state index in [0.717, 1.165) is 49.4 Å². The van der Waals surface area contributed by atoms with Crippen LogP contribution in [0, 0.1) is 5.92 Å². The monoisotopic (exact) mass is 360 g/mol. The summed E-state index contributed by atoms with van der Waals surface area (Å²) in [6.45, 7) is 0.796. The summed E-state index contributed by atoms with van der Waals surface area (Å²) < 4.78 is 1.90. The van der Waals surface area contributed by atoms with Gasteiger partial charge in [0, 0.05) is 36.7 Å². The average Bonchev–Trinajstić information content (AvgIpc) is 3.48. The summed E-state index contributed by atoms with van der Waals surface area (Å²) in [4.78, 5) is 22.4. The molecule has 2 fully saturated rings. The van der Waals surface area contributed by atoms with Crippen molar-refractivity contribution in [1.82, 2.24) is 19.6 Å². The molecular weight excluding hydrogens is 340 g/mol. The zero-order chi connectivity index (χ0) is 18.0. The third kappa shape index (κ3) is 2.08. The van der Waals surface area contributed by atoms with Crippen LogP contribution in [-0.2, 0) is 11.2 Å². The Morgan fingerprint density at radius 3 is 3.07 bits per heavy atom. The van der Waals surface area contributed by atoms with Crippen LogP contribution in [0.5, 0.6) is 0 Å². The number of amides is 1. The summed E-state index contributed by atoms with van der Waals surface area (Å²) in [6.07, 6.45) is 9.35. The molecule has 136 valence electrons. The molecule has 3 atom stereocenters. The van der Waals surface area contributed by atoms with E-state index >= 15 is 0 Å². The van der Waals surface area contributed by atoms with Gasteiger partial charge in [-0.1, -0.05) is 18.2 Å². The van der Waals surface area contributed by atoms with Crippen molar-refractivity contribution < 1.29 is 4.79 Å². The van der Waals surface area contributed by atoms with Crippen LogP contribution in [-0.4, -0.2) is 44.1 Å². The molecule has 7 nitrogen and oxygen atoms in total. The Bertz CT molecular complexity index is 1050. The summed E-state index contributed by atoms with van der Waals surface area (Å²) in [5.74, 6) is 1.16. The number of rotatable bonds is 2. The number of anilines is 2. The second-order valence-electron chi connectivity index (χ2n) is 7.73. The quantitative estimate of drug-likeness (QED) is 0.700. The first-order valence-corrected chi connectivity index (χ1v) is 9.63. The molecule has 27 heavy (non-hydrogen) atoms. The van der Waals surface area contributed by atoms with Crippen LogP contribution >= 0.6 is 0 Å². The van der Waals surface area contributed by atoms with Gasteiger partial charge in [0.25, 0.3) is 0 Å². The van der Waals surface area contributed by atoms with E-state index in [0.29, 0.717) is 6.04 Å². The predicted molar refractivity (Wildman–Crippen MR) is 101 cm³/mol. The molecule has 3 aliphatic rings. The number of nitrogens with zero attached hydrogens (tertiary/aromatic N) is 6. The van der Waals surface area contributed by atoms with Gasteiger partial charge >= 0.3 is 0 Å². The maximum Gasteiger partial charge on any atom is 0.232 e. The maximum absolute atomic E-state index is 13.4. The van der Waals surface area contributed by atoms with E-state index in [4.69, 9.17) is 0 Å². The zero-order valence-electron chi connectivity index (χ0n) is 14.9. The molecule has 2 saturated heterocycles. The highest BCUT2D eigenvalue weighted by Crippen LogP contribution is 2.46. The summed E-state index contributed by atoms with van der Waals surface area (Å²) in [5.41, 5.74) is 3.14. The van der Waals surface area contributed by atoms with E-state index in [1.807, 2.05) is 21.6 Å². The molecule has 2 aromatic heterocycles. The molecule has 0 unspecified atom stereocenters. The molecule has 1 amide bonds. The van der Waals surface area contributed by atoms with Crippen LogP contribution in [0.25, 0.3) is 5.65 Å². The van der Waals surface area contributed by atoms with Gasteiger partial charge in [-0.2, -0.15) is 0 Å². The SMILES string of the molecule is O=C([C@H]1C[C@H]2CC[C@H]1N2c1nccn2cnnc12)N1CCc2ccccc21. The largest absolute Gasteiger partial charge is 0.347 e. The standard InChI is InChI=1S/C20H20N6O/c27-20(25-9-7-13-3-1-2-4-16(13)25)15-11-14-5-6-17(15)26(14)18-19-23-22-12-24(19)10-8-21-18/h1-4,8,10,12,14-15,17H,5-7,9,11H2/t14-,15+,17-/m1/s1. The Hall–Kier alpha value is -2.96. The molecule has 1 aromatic carbocycles. The zero-order valence-corrected chi connectivity index (χ0v) is 14.9. The molecule has 0 radical (unpaired) electrons. The van der Waals surface area contributed by atoms with Crippen molar-refractivity contribution in [1.29, 1.82) is 0 Å². The number of hydrogen-bond donors (Lipinski definition) is 0. The van der Waals surface area contributed by atoms with Crippen LogP contribution < -0.4 is 9.80 Å². The normalized spacial score (nSPS) is 26.1. The topological polar surface area (TPSA) is 66.6 Å². The van der Waals surface area contributed by atoms with Crippen LogP contribution in [0.2, 0.25) is 0 Å². The van der Waals surface area contributed by atoms with Crippen molar-refractivity contribution in [3.8, 4) is 0 Å². The van der Waals surface area contributed by atoms with Gasteiger partial charge in [0.05, 0.1) is 5.92 Å². The van der Waals surface area contributed by atoms with E-state index < -0.39 is 0 Å². The number of hydrogen-bond acceptors (Lipinski definition) is 5. The summed E-state index contributed by atoms with van der Waals surface area (Å²) in [6, 6.07) is 8.84. The number of fused-ring (bicyclic) bond motifs is 4. The number of aromatic nitrogens is 4. The van der Waals surface area contributed by atoms with Gasteiger partial charge < -0.3 is 9.80 Å². The van der Waals surface area contributed by atoms with Crippen LogP contribution in [0.3, 0.4) is 0 Å². The van der Waals surface area contributed by atoms with Gasteiger partial charge in [0.2, 0.25) is 11.6 Å². The smallest absolute Gasteiger partial charge is 0.232 e. The Morgan fingerprint density at radius 2 is 2.11 bits per heavy atom. The highest BCUT2D eigenvalue weighted by molar-refractivity contribution is 5.98. The first-order valence-electron chi connectivity index (χ1n) is 9.63. The Morgan fingerprint density at radius 1 is 1.19 bits per heavy atom. The fraction of sp³-hybridized carbons (Fsp3) is 0.400. The minimum absolute atomic E-state index is 0.0277. The lowest BCUT2D eigenvalue weighted by atomic mass is 9.88. The minimum Gasteiger partial charge on any atom is -0.347 e. The van der Waals surface area contributed by atoms with Crippen molar-refractivity contribution in [3.63, 3.8) is 0 Å². The number of benzene rings is 1. The van der Waals surface area contributed by atoms with Crippen molar-refractivity contribution in [2.75, 3.05) is 16.3 Å². The Balaban J connectivity index is 1.34. The molecule has 0 N–H and O–H groups in total. The molecule has 3 aliphatic heterocycles. The molecule has 5 heterocycles. The molecular formula is C20H20N6O. The van der Waals surface area contributed by atoms with Gasteiger partial charge in [0.15, 0.2) is 5.82 Å². The van der Waals surface area contributed by atoms with Crippen molar-refractivity contribution >= 4 is 23.1 Å². The van der Waals surface area contributed by atoms with Crippen LogP contribution in [0.1, 0.15) is 24.8 Å². The summed E-state index contributed by atoms with van der Waals surface area (Å²) in [5, 5.41) is 8.27. The fourth-order valence-electron chi connectivity index (χ4n) is 5.28. The second-order valence-corrected chi connectivity index (χ2v) is 7.73. The van der Waals surface area contributed by atoms with E-state index in [1.165, 1.54) is 5.56 Å². The first-order chi connectivity index (χ1) is 13.3. The highest BCUT2D eigenvalue weighted by atomic mass is 16.2. The molecule has 3 aromatic rings. The minimum atomic E-state index is 0.0277. The maximum atomic E-state index is 13.4. The second kappa shape index (κ2) is 5.52. The number of carbonyl (C=O) groups is 1. The highest BCUT2D eigenvalue weighted by Gasteiger charge is 2.51. The lowest BCUT2D eigenvalue weighted by Crippen LogP contribution is -2.41. The van der Waals surface area contributed by atoms with Crippen LogP contribution in [0.4, 0.5) is 11.5 Å². The molecule has 7 heteroatoms. The van der Waals surface area contributed by atoms with Crippen LogP contribution in [0.15, 0.2) is 43.0 Å². The number of carbonyl (C=O) groups excluding carboxylic acids is 1. The van der Waals surface area contributed by atoms with Gasteiger partial charge in [-0.3, -0.25) is 9.20 Å². The van der Waals surface area contributed by atoms with Gasteiger partial charge in [-0.15, -0.1) is 10.2 Å². The Kier molecular flexibility index (Phi) is 3.09. The third-order valence-electron chi connectivity index (χ3n) is 6.45. The summed E-state index contributed by atoms with van der Waals surface area (Å²) in [7, 11) is 0. The van der Waals surface area contributed by atoms with E-state index in [1.54, 1.807) is 12.5 Å². The molecule has 2 bridgehead atoms. The molecule has 0 saturated carbocycles. The molecule has 0 spiro atoms. The average molecular weight is 360 g/mol. The summed E-state index contributed by atoms with van der Waals surface area (Å²) >= 11 is 0. The van der Waals surface area contributed by atoms with E-state index in [9.17, 15) is 4.79 Å².